The molecule has 1 saturated heterocycles. The Labute approximate surface area is 142 Å². The van der Waals surface area contributed by atoms with Crippen LogP contribution in [0.2, 0.25) is 0 Å². The Morgan fingerprint density at radius 3 is 2.67 bits per heavy atom. The fourth-order valence-electron chi connectivity index (χ4n) is 3.23. The predicted molar refractivity (Wildman–Crippen MR) is 90.7 cm³/mol. The lowest BCUT2D eigenvalue weighted by atomic mass is 9.81. The topological polar surface area (TPSA) is 49.4 Å². The van der Waals surface area contributed by atoms with Gasteiger partial charge in [0.1, 0.15) is 5.82 Å². The lowest BCUT2D eigenvalue weighted by Crippen LogP contribution is -2.44. The third-order valence-electron chi connectivity index (χ3n) is 4.63. The van der Waals surface area contributed by atoms with Crippen LogP contribution >= 0.6 is 0 Å². The van der Waals surface area contributed by atoms with Gasteiger partial charge in [0.15, 0.2) is 0 Å². The minimum Gasteiger partial charge on any atom is -0.345 e. The zero-order valence-electron chi connectivity index (χ0n) is 13.9. The predicted octanol–water partition coefficient (Wildman–Crippen LogP) is 2.45. The highest BCUT2D eigenvalue weighted by Gasteiger charge is 2.31. The summed E-state index contributed by atoms with van der Waals surface area (Å²) in [6.45, 7) is 3.56. The van der Waals surface area contributed by atoms with Gasteiger partial charge in [-0.1, -0.05) is 19.3 Å². The van der Waals surface area contributed by atoms with Crippen LogP contribution in [0.1, 0.15) is 36.5 Å². The Morgan fingerprint density at radius 2 is 2.04 bits per heavy atom. The number of rotatable bonds is 5. The number of amides is 2. The smallest absolute Gasteiger partial charge is 0.253 e. The molecule has 5 heteroatoms. The molecule has 0 spiro atoms. The maximum Gasteiger partial charge on any atom is 0.253 e. The molecule has 0 aliphatic carbocycles. The van der Waals surface area contributed by atoms with Crippen molar-refractivity contribution in [2.24, 2.45) is 11.8 Å². The summed E-state index contributed by atoms with van der Waals surface area (Å²) >= 11 is 0. The van der Waals surface area contributed by atoms with Gasteiger partial charge in [-0.2, -0.15) is 0 Å². The number of nitrogens with zero attached hydrogens (tertiary/aromatic N) is 1. The van der Waals surface area contributed by atoms with Gasteiger partial charge in [-0.25, -0.2) is 4.39 Å². The number of benzene rings is 1. The third kappa shape index (κ3) is 4.58. The summed E-state index contributed by atoms with van der Waals surface area (Å²) in [6.07, 6.45) is 7.28. The first-order valence-corrected chi connectivity index (χ1v) is 8.30. The van der Waals surface area contributed by atoms with E-state index in [9.17, 15) is 14.0 Å². The van der Waals surface area contributed by atoms with Gasteiger partial charge in [-0.05, 0) is 42.5 Å². The normalized spacial score (nSPS) is 20.3. The lowest BCUT2D eigenvalue weighted by molar-refractivity contribution is -0.122. The van der Waals surface area contributed by atoms with Crippen molar-refractivity contribution >= 4 is 11.8 Å². The highest BCUT2D eigenvalue weighted by molar-refractivity contribution is 5.94. The van der Waals surface area contributed by atoms with Crippen LogP contribution in [-0.4, -0.2) is 36.3 Å². The minimum atomic E-state index is -0.352. The average molecular weight is 330 g/mol. The lowest BCUT2D eigenvalue weighted by Gasteiger charge is -2.38. The molecule has 1 aromatic carbocycles. The Kier molecular flexibility index (Phi) is 6.36. The third-order valence-corrected chi connectivity index (χ3v) is 4.63. The van der Waals surface area contributed by atoms with E-state index in [2.05, 4.69) is 18.2 Å². The summed E-state index contributed by atoms with van der Waals surface area (Å²) < 4.78 is 13.0. The monoisotopic (exact) mass is 330 g/mol. The molecule has 1 fully saturated rings. The zero-order valence-corrected chi connectivity index (χ0v) is 13.9. The van der Waals surface area contributed by atoms with Crippen LogP contribution in [0, 0.1) is 30.0 Å². The molecular weight excluding hydrogens is 307 g/mol. The van der Waals surface area contributed by atoms with E-state index in [-0.39, 0.29) is 36.0 Å². The molecule has 0 saturated carbocycles. The van der Waals surface area contributed by atoms with Crippen molar-refractivity contribution in [3.05, 3.63) is 35.6 Å². The van der Waals surface area contributed by atoms with Gasteiger partial charge in [-0.15, -0.1) is 6.42 Å². The number of carbonyl (C=O) groups excluding carboxylic acids is 2. The summed E-state index contributed by atoms with van der Waals surface area (Å²) in [7, 11) is 0. The fraction of sp³-hybridized carbons (Fsp3) is 0.474. The average Bonchev–Trinajstić information content (AvgIpc) is 2.60. The van der Waals surface area contributed by atoms with Crippen LogP contribution in [0.25, 0.3) is 0 Å². The maximum absolute atomic E-state index is 13.0. The summed E-state index contributed by atoms with van der Waals surface area (Å²) in [5, 5.41) is 2.70. The summed E-state index contributed by atoms with van der Waals surface area (Å²) in [5.74, 6) is 2.46. The summed E-state index contributed by atoms with van der Waals surface area (Å²) in [4.78, 5) is 26.2. The van der Waals surface area contributed by atoms with Crippen molar-refractivity contribution in [2.75, 3.05) is 19.6 Å². The maximum atomic E-state index is 13.0. The molecular formula is C19H23FN2O2. The van der Waals surface area contributed by atoms with E-state index >= 15 is 0 Å². The second-order valence-corrected chi connectivity index (χ2v) is 6.16. The van der Waals surface area contributed by atoms with Crippen LogP contribution in [0.4, 0.5) is 4.39 Å². The van der Waals surface area contributed by atoms with Crippen molar-refractivity contribution < 1.29 is 14.0 Å². The fourth-order valence-corrected chi connectivity index (χ4v) is 3.23. The Hall–Kier alpha value is -2.35. The van der Waals surface area contributed by atoms with E-state index in [4.69, 9.17) is 6.42 Å². The van der Waals surface area contributed by atoms with Crippen LogP contribution < -0.4 is 5.32 Å². The number of carbonyl (C=O) groups is 2. The molecule has 1 aromatic rings. The number of terminal acetylenes is 1. The highest BCUT2D eigenvalue weighted by Crippen LogP contribution is 2.29. The van der Waals surface area contributed by atoms with Gasteiger partial charge >= 0.3 is 0 Å². The van der Waals surface area contributed by atoms with Gasteiger partial charge in [0.05, 0.1) is 6.54 Å². The van der Waals surface area contributed by atoms with Crippen molar-refractivity contribution in [1.29, 1.82) is 0 Å². The number of piperidine rings is 1. The van der Waals surface area contributed by atoms with Gasteiger partial charge < -0.3 is 10.2 Å². The summed E-state index contributed by atoms with van der Waals surface area (Å²) in [5.41, 5.74) is 0.497. The first-order chi connectivity index (χ1) is 11.5. The van der Waals surface area contributed by atoms with Crippen LogP contribution in [0.15, 0.2) is 24.3 Å². The molecule has 0 unspecified atom stereocenters. The van der Waals surface area contributed by atoms with Crippen LogP contribution in [-0.2, 0) is 4.79 Å². The number of hydrogen-bond donors (Lipinski definition) is 1. The van der Waals surface area contributed by atoms with E-state index in [1.807, 2.05) is 0 Å². The summed E-state index contributed by atoms with van der Waals surface area (Å²) in [6, 6.07) is 5.62. The molecule has 24 heavy (non-hydrogen) atoms. The van der Waals surface area contributed by atoms with Gasteiger partial charge in [0, 0.05) is 25.1 Å². The quantitative estimate of drug-likeness (QED) is 0.843. The van der Waals surface area contributed by atoms with Crippen molar-refractivity contribution in [2.45, 2.75) is 26.2 Å². The molecule has 4 nitrogen and oxygen atoms in total. The molecule has 128 valence electrons. The molecule has 1 N–H and O–H groups in total. The molecule has 2 atom stereocenters. The molecule has 0 radical (unpaired) electrons. The van der Waals surface area contributed by atoms with E-state index in [0.717, 1.165) is 12.8 Å². The molecule has 1 aliphatic heterocycles. The zero-order chi connectivity index (χ0) is 17.5. The van der Waals surface area contributed by atoms with Crippen molar-refractivity contribution in [1.82, 2.24) is 10.2 Å². The number of halogens is 1. The number of likely N-dealkylation sites (tertiary alicyclic amines) is 1. The van der Waals surface area contributed by atoms with E-state index < -0.39 is 0 Å². The Balaban J connectivity index is 1.96. The van der Waals surface area contributed by atoms with Crippen molar-refractivity contribution in [3.8, 4) is 12.3 Å². The molecule has 2 amide bonds. The second-order valence-electron chi connectivity index (χ2n) is 6.16. The SMILES string of the molecule is C#CCNC(=O)C[C@@H]1CCN(C(=O)c2ccc(F)cc2)C[C@@H]1CC. The molecule has 0 bridgehead atoms. The van der Waals surface area contributed by atoms with Crippen LogP contribution in [0.5, 0.6) is 0 Å². The van der Waals surface area contributed by atoms with E-state index in [1.54, 1.807) is 4.90 Å². The van der Waals surface area contributed by atoms with E-state index in [0.29, 0.717) is 25.1 Å². The second kappa shape index (κ2) is 8.49. The standard InChI is InChI=1S/C19H23FN2O2/c1-3-10-21-18(23)12-16-9-11-22(13-14(16)4-2)19(24)15-5-7-17(20)8-6-15/h1,5-8,14,16H,4,9-13H2,2H3,(H,21,23)/t14-,16-/m0/s1. The highest BCUT2D eigenvalue weighted by atomic mass is 19.1. The largest absolute Gasteiger partial charge is 0.345 e. The Bertz CT molecular complexity index is 621. The van der Waals surface area contributed by atoms with Crippen LogP contribution in [0.3, 0.4) is 0 Å². The number of nitrogens with one attached hydrogen (secondary N) is 1. The molecule has 2 rings (SSSR count). The first kappa shape index (κ1) is 18.0. The first-order valence-electron chi connectivity index (χ1n) is 8.30. The molecule has 1 heterocycles. The number of hydrogen-bond acceptors (Lipinski definition) is 2. The van der Waals surface area contributed by atoms with Crippen molar-refractivity contribution in [3.63, 3.8) is 0 Å². The molecule has 1 aliphatic rings. The minimum absolute atomic E-state index is 0.0327. The Morgan fingerprint density at radius 1 is 1.33 bits per heavy atom. The van der Waals surface area contributed by atoms with Gasteiger partial charge in [0.25, 0.3) is 5.91 Å². The van der Waals surface area contributed by atoms with Gasteiger partial charge in [-0.3, -0.25) is 9.59 Å². The van der Waals surface area contributed by atoms with E-state index in [1.165, 1.54) is 24.3 Å². The molecule has 0 aromatic heterocycles. The van der Waals surface area contributed by atoms with Gasteiger partial charge in [0.2, 0.25) is 5.91 Å².